The Balaban J connectivity index is 1.58. The number of hydrogen-bond donors (Lipinski definition) is 3. The molecular weight excluding hydrogens is 622 g/mol. The number of alkyl carbamates (subject to hydrolysis) is 1. The lowest BCUT2D eigenvalue weighted by Crippen LogP contribution is -2.56. The number of aliphatic hydroxyl groups is 1. The molecule has 0 aliphatic carbocycles. The number of carbonyl (C=O) groups excluding carboxylic acids is 3. The van der Waals surface area contributed by atoms with E-state index in [1.165, 1.54) is 12.0 Å². The second-order valence-electron chi connectivity index (χ2n) is 12.2. The predicted octanol–water partition coefficient (Wildman–Crippen LogP) is 5.40. The van der Waals surface area contributed by atoms with Gasteiger partial charge < -0.3 is 25.2 Å². The molecule has 0 radical (unpaired) electrons. The van der Waals surface area contributed by atoms with E-state index < -0.39 is 42.3 Å². The zero-order valence-electron chi connectivity index (χ0n) is 28.4. The first-order valence-corrected chi connectivity index (χ1v) is 16.3. The molecular formula is C38H45N5O6. The Labute approximate surface area is 287 Å². The van der Waals surface area contributed by atoms with Gasteiger partial charge in [-0.3, -0.25) is 9.78 Å². The van der Waals surface area contributed by atoms with E-state index in [0.29, 0.717) is 18.5 Å². The van der Waals surface area contributed by atoms with Gasteiger partial charge in [0.2, 0.25) is 5.91 Å². The van der Waals surface area contributed by atoms with Gasteiger partial charge in [-0.25, -0.2) is 19.5 Å². The smallest absolute Gasteiger partial charge is 0.415 e. The number of hydrogen-bond acceptors (Lipinski definition) is 8. The minimum absolute atomic E-state index is 0.0175. The van der Waals surface area contributed by atoms with Gasteiger partial charge in [-0.2, -0.15) is 0 Å². The van der Waals surface area contributed by atoms with E-state index in [-0.39, 0.29) is 24.8 Å². The third kappa shape index (κ3) is 11.1. The number of nitrogens with zero attached hydrogens (tertiary/aromatic N) is 3. The first kappa shape index (κ1) is 36.5. The van der Waals surface area contributed by atoms with Gasteiger partial charge in [0.05, 0.1) is 19.3 Å². The molecule has 0 bridgehead atoms. The van der Waals surface area contributed by atoms with Gasteiger partial charge in [0.25, 0.3) is 0 Å². The van der Waals surface area contributed by atoms with Crippen LogP contribution in [-0.2, 0) is 33.7 Å². The van der Waals surface area contributed by atoms with Crippen LogP contribution in [0.4, 0.5) is 15.4 Å². The van der Waals surface area contributed by atoms with E-state index in [0.717, 1.165) is 16.7 Å². The summed E-state index contributed by atoms with van der Waals surface area (Å²) in [7, 11) is 1.26. The molecule has 0 aliphatic rings. The van der Waals surface area contributed by atoms with Crippen LogP contribution >= 0.6 is 0 Å². The van der Waals surface area contributed by atoms with Crippen LogP contribution in [0.15, 0.2) is 103 Å². The highest BCUT2D eigenvalue weighted by Gasteiger charge is 2.37. The van der Waals surface area contributed by atoms with Crippen LogP contribution in [0.1, 0.15) is 42.7 Å². The highest BCUT2D eigenvalue weighted by atomic mass is 16.5. The lowest BCUT2D eigenvalue weighted by molar-refractivity contribution is -0.124. The minimum Gasteiger partial charge on any atom is -0.452 e. The molecule has 0 spiro atoms. The summed E-state index contributed by atoms with van der Waals surface area (Å²) in [5, 5.41) is 17.7. The number of rotatable bonds is 15. The summed E-state index contributed by atoms with van der Waals surface area (Å²) in [6.45, 7) is 5.50. The monoisotopic (exact) mass is 667 g/mol. The number of benzene rings is 2. The molecule has 2 heterocycles. The summed E-state index contributed by atoms with van der Waals surface area (Å²) in [5.74, 6) is -0.469. The van der Waals surface area contributed by atoms with Crippen molar-refractivity contribution in [3.8, 4) is 0 Å². The van der Waals surface area contributed by atoms with Crippen LogP contribution in [-0.4, -0.2) is 64.5 Å². The molecule has 4 rings (SSSR count). The Morgan fingerprint density at radius 1 is 0.837 bits per heavy atom. The number of carbonyl (C=O) groups is 3. The number of anilines is 1. The molecule has 11 heteroatoms. The summed E-state index contributed by atoms with van der Waals surface area (Å²) in [4.78, 5) is 50.1. The van der Waals surface area contributed by atoms with E-state index in [1.807, 2.05) is 74.5 Å². The molecule has 0 fully saturated rings. The Kier molecular flexibility index (Phi) is 13.7. The minimum atomic E-state index is -1.09. The van der Waals surface area contributed by atoms with Crippen LogP contribution in [0.5, 0.6) is 0 Å². The normalized spacial score (nSPS) is 13.4. The maximum Gasteiger partial charge on any atom is 0.415 e. The SMILES string of the molecule is COC(=O)N(c1cccc(C)n1)C(C(=O)N[C@@H](Cc1ccccc1)C[C@H](O)[C@H](Cc1ccccc1)NC(=O)OCc1cccnc1)C(C)C. The van der Waals surface area contributed by atoms with Gasteiger partial charge >= 0.3 is 12.2 Å². The number of pyridine rings is 2. The van der Waals surface area contributed by atoms with Crippen molar-refractivity contribution in [1.29, 1.82) is 0 Å². The summed E-state index contributed by atoms with van der Waals surface area (Å²) in [5.41, 5.74) is 3.25. The number of nitrogens with one attached hydrogen (secondary N) is 2. The third-order valence-corrected chi connectivity index (χ3v) is 8.03. The van der Waals surface area contributed by atoms with Crippen molar-refractivity contribution in [2.24, 2.45) is 5.92 Å². The summed E-state index contributed by atoms with van der Waals surface area (Å²) < 4.78 is 10.6. The number of aryl methyl sites for hydroxylation is 1. The molecule has 11 nitrogen and oxygen atoms in total. The Hall–Kier alpha value is -5.29. The summed E-state index contributed by atoms with van der Waals surface area (Å²) >= 11 is 0. The van der Waals surface area contributed by atoms with Crippen molar-refractivity contribution < 1.29 is 29.0 Å². The Morgan fingerprint density at radius 2 is 1.49 bits per heavy atom. The summed E-state index contributed by atoms with van der Waals surface area (Å²) in [6.07, 6.45) is 1.55. The lowest BCUT2D eigenvalue weighted by atomic mass is 9.93. The van der Waals surface area contributed by atoms with E-state index in [2.05, 4.69) is 20.6 Å². The van der Waals surface area contributed by atoms with E-state index in [1.54, 1.807) is 49.6 Å². The number of amides is 3. The van der Waals surface area contributed by atoms with Gasteiger partial charge in [-0.05, 0) is 61.4 Å². The average molecular weight is 668 g/mol. The second kappa shape index (κ2) is 18.3. The topological polar surface area (TPSA) is 143 Å². The van der Waals surface area contributed by atoms with Crippen molar-refractivity contribution in [3.05, 3.63) is 126 Å². The van der Waals surface area contributed by atoms with Crippen LogP contribution < -0.4 is 15.5 Å². The van der Waals surface area contributed by atoms with Gasteiger partial charge in [0.1, 0.15) is 18.5 Å². The number of aromatic nitrogens is 2. The first-order valence-electron chi connectivity index (χ1n) is 16.3. The number of ether oxygens (including phenoxy) is 2. The largest absolute Gasteiger partial charge is 0.452 e. The van der Waals surface area contributed by atoms with Crippen molar-refractivity contribution in [3.63, 3.8) is 0 Å². The fourth-order valence-corrected chi connectivity index (χ4v) is 5.64. The molecule has 3 N–H and O–H groups in total. The summed E-state index contributed by atoms with van der Waals surface area (Å²) in [6, 6.07) is 25.6. The van der Waals surface area contributed by atoms with Crippen molar-refractivity contribution >= 4 is 23.9 Å². The molecule has 4 atom stereocenters. The second-order valence-corrected chi connectivity index (χ2v) is 12.2. The van der Waals surface area contributed by atoms with Crippen LogP contribution in [0.2, 0.25) is 0 Å². The molecule has 4 aromatic rings. The van der Waals surface area contributed by atoms with Crippen molar-refractivity contribution in [1.82, 2.24) is 20.6 Å². The van der Waals surface area contributed by atoms with Gasteiger partial charge in [-0.15, -0.1) is 0 Å². The van der Waals surface area contributed by atoms with Gasteiger partial charge in [-0.1, -0.05) is 86.6 Å². The Bertz CT molecular complexity index is 1620. The maximum atomic E-state index is 14.2. The molecule has 0 aliphatic heterocycles. The van der Waals surface area contributed by atoms with Crippen LogP contribution in [0.3, 0.4) is 0 Å². The molecule has 0 saturated heterocycles. The lowest BCUT2D eigenvalue weighted by Gasteiger charge is -2.34. The standard InChI is InChI=1S/C38H45N5O6/c1-26(2)35(43(38(47)48-4)34-19-11-13-27(3)40-34)36(45)41-31(21-28-14-7-5-8-15-28)23-33(44)32(22-29-16-9-6-10-17-29)42-37(46)49-25-30-18-12-20-39-24-30/h5-20,24,26,31-33,35,44H,21-23,25H2,1-4H3,(H,41,45)(H,42,46)/t31-,32-,33-,35?/m0/s1. The Morgan fingerprint density at radius 3 is 2.08 bits per heavy atom. The van der Waals surface area contributed by atoms with E-state index >= 15 is 0 Å². The fourth-order valence-electron chi connectivity index (χ4n) is 5.64. The molecule has 49 heavy (non-hydrogen) atoms. The number of aliphatic hydroxyl groups excluding tert-OH is 1. The molecule has 258 valence electrons. The highest BCUT2D eigenvalue weighted by molar-refractivity contribution is 5.97. The van der Waals surface area contributed by atoms with E-state index in [9.17, 15) is 19.5 Å². The van der Waals surface area contributed by atoms with Crippen LogP contribution in [0, 0.1) is 12.8 Å². The van der Waals surface area contributed by atoms with Crippen molar-refractivity contribution in [2.45, 2.75) is 70.9 Å². The van der Waals surface area contributed by atoms with E-state index in [4.69, 9.17) is 9.47 Å². The molecule has 2 aromatic carbocycles. The zero-order valence-corrected chi connectivity index (χ0v) is 28.4. The fraction of sp³-hybridized carbons (Fsp3) is 0.342. The third-order valence-electron chi connectivity index (χ3n) is 8.03. The quantitative estimate of drug-likeness (QED) is 0.153. The maximum absolute atomic E-state index is 14.2. The number of methoxy groups -OCH3 is 1. The first-order chi connectivity index (χ1) is 23.6. The predicted molar refractivity (Wildman–Crippen MR) is 187 cm³/mol. The molecule has 1 unspecified atom stereocenters. The molecule has 0 saturated carbocycles. The van der Waals surface area contributed by atoms with Gasteiger partial charge in [0, 0.05) is 29.7 Å². The average Bonchev–Trinajstić information content (AvgIpc) is 3.10. The molecule has 2 aromatic heterocycles. The van der Waals surface area contributed by atoms with Crippen LogP contribution in [0.25, 0.3) is 0 Å². The van der Waals surface area contributed by atoms with Crippen molar-refractivity contribution in [2.75, 3.05) is 12.0 Å². The highest BCUT2D eigenvalue weighted by Crippen LogP contribution is 2.22. The zero-order chi connectivity index (χ0) is 35.2. The van der Waals surface area contributed by atoms with Gasteiger partial charge in [0.15, 0.2) is 0 Å². The molecule has 3 amide bonds.